The average molecular weight is 590 g/mol. The van der Waals surface area contributed by atoms with Crippen LogP contribution in [-0.4, -0.2) is 75.0 Å². The predicted octanol–water partition coefficient (Wildman–Crippen LogP) is 7.11. The number of fused-ring (bicyclic) bond motifs is 8. The Labute approximate surface area is 263 Å². The van der Waals surface area contributed by atoms with Crippen molar-refractivity contribution in [3.63, 3.8) is 0 Å². The molecule has 0 fully saturated rings. The average Bonchev–Trinajstić information content (AvgIpc) is 3.83. The van der Waals surface area contributed by atoms with Crippen molar-refractivity contribution >= 4 is 63.2 Å². The van der Waals surface area contributed by atoms with Crippen molar-refractivity contribution in [3.8, 4) is 0 Å². The van der Waals surface area contributed by atoms with E-state index in [9.17, 15) is 0 Å². The van der Waals surface area contributed by atoms with Crippen molar-refractivity contribution in [2.24, 2.45) is 0 Å². The Balaban J connectivity index is 1.56. The van der Waals surface area contributed by atoms with Gasteiger partial charge in [0.2, 0.25) is 0 Å². The lowest BCUT2D eigenvalue weighted by molar-refractivity contribution is 0.505. The highest BCUT2D eigenvalue weighted by Crippen LogP contribution is 2.41. The fourth-order valence-corrected chi connectivity index (χ4v) is 6.32. The molecule has 222 valence electrons. The lowest BCUT2D eigenvalue weighted by Crippen LogP contribution is -2.15. The van der Waals surface area contributed by atoms with E-state index in [4.69, 9.17) is 9.97 Å². The normalized spacial score (nSPS) is 17.2. The minimum absolute atomic E-state index is 0.826. The van der Waals surface area contributed by atoms with E-state index < -0.39 is 0 Å². The third-order valence-electron chi connectivity index (χ3n) is 8.66. The van der Waals surface area contributed by atoms with Gasteiger partial charge in [-0.3, -0.25) is 0 Å². The minimum Gasteiger partial charge on any atom is -0.377 e. The van der Waals surface area contributed by atoms with Crippen LogP contribution in [0.4, 0.5) is 0 Å². The summed E-state index contributed by atoms with van der Waals surface area (Å²) in [6.07, 6.45) is 28.6. The summed E-state index contributed by atoms with van der Waals surface area (Å²) >= 11 is 0. The molecule has 7 heteroatoms. The lowest BCUT2D eigenvalue weighted by Gasteiger charge is -2.20. The number of H-pyrrole nitrogens is 1. The highest BCUT2D eigenvalue weighted by molar-refractivity contribution is 6.04. The first-order valence-corrected chi connectivity index (χ1v) is 15.4. The monoisotopic (exact) mass is 589 g/mol. The molecule has 5 aliphatic heterocycles. The van der Waals surface area contributed by atoms with Crippen LogP contribution in [0.2, 0.25) is 0 Å². The van der Waals surface area contributed by atoms with Crippen molar-refractivity contribution in [2.75, 3.05) is 40.8 Å². The molecule has 8 bridgehead atoms. The van der Waals surface area contributed by atoms with Crippen molar-refractivity contribution in [1.29, 1.82) is 0 Å². The summed E-state index contributed by atoms with van der Waals surface area (Å²) in [5, 5.41) is 0. The molecule has 45 heavy (non-hydrogen) atoms. The van der Waals surface area contributed by atoms with Gasteiger partial charge in [0.15, 0.2) is 0 Å². The molecule has 0 aliphatic carbocycles. The maximum absolute atomic E-state index is 5.06. The van der Waals surface area contributed by atoms with Crippen molar-refractivity contribution in [3.05, 3.63) is 125 Å². The quantitative estimate of drug-likeness (QED) is 0.243. The first-order chi connectivity index (χ1) is 22.0. The zero-order valence-electron chi connectivity index (χ0n) is 25.8. The summed E-state index contributed by atoms with van der Waals surface area (Å²) in [5.74, 6) is 0. The Hall–Kier alpha value is -5.56. The van der Waals surface area contributed by atoms with Crippen LogP contribution in [0.25, 0.3) is 63.2 Å². The molecule has 0 amide bonds. The van der Waals surface area contributed by atoms with Crippen molar-refractivity contribution in [1.82, 2.24) is 34.2 Å². The Kier molecular flexibility index (Phi) is 6.52. The summed E-state index contributed by atoms with van der Waals surface area (Å²) in [7, 11) is 6.33. The third-order valence-corrected chi connectivity index (χ3v) is 8.66. The van der Waals surface area contributed by atoms with Crippen LogP contribution in [0, 0.1) is 0 Å². The Morgan fingerprint density at radius 1 is 0.533 bits per heavy atom. The number of aromatic amines is 1. The number of hydrogen-bond acceptors (Lipinski definition) is 5. The molecule has 0 spiro atoms. The van der Waals surface area contributed by atoms with Crippen LogP contribution in [0.5, 0.6) is 0 Å². The van der Waals surface area contributed by atoms with Crippen LogP contribution < -0.4 is 0 Å². The molecule has 0 unspecified atom stereocenters. The maximum Gasteiger partial charge on any atom is 0.0658 e. The number of likely N-dealkylation sites (N-methyl/N-ethyl adjacent to an activating group) is 3. The second kappa shape index (κ2) is 10.9. The van der Waals surface area contributed by atoms with Gasteiger partial charge in [0.1, 0.15) is 0 Å². The fourth-order valence-electron chi connectivity index (χ4n) is 6.32. The summed E-state index contributed by atoms with van der Waals surface area (Å²) in [6.45, 7) is 2.51. The van der Waals surface area contributed by atoms with E-state index in [1.54, 1.807) is 0 Å². The molecule has 0 atom stereocenters. The van der Waals surface area contributed by atoms with Gasteiger partial charge in [-0.1, -0.05) is 12.2 Å². The van der Waals surface area contributed by atoms with E-state index in [1.165, 1.54) is 22.3 Å². The second-order valence-corrected chi connectivity index (χ2v) is 12.1. The maximum atomic E-state index is 5.06. The van der Waals surface area contributed by atoms with Gasteiger partial charge in [0, 0.05) is 74.8 Å². The van der Waals surface area contributed by atoms with Gasteiger partial charge >= 0.3 is 0 Å². The molecule has 8 heterocycles. The van der Waals surface area contributed by atoms with E-state index in [2.05, 4.69) is 161 Å². The first kappa shape index (κ1) is 27.0. The van der Waals surface area contributed by atoms with Gasteiger partial charge < -0.3 is 24.3 Å². The molecular weight excluding hydrogens is 554 g/mol. The van der Waals surface area contributed by atoms with Gasteiger partial charge in [0.25, 0.3) is 0 Å². The smallest absolute Gasteiger partial charge is 0.0658 e. The molecule has 0 aromatic carbocycles. The standard InChI is InChI=1S/C38H35N7/c1-42-16-10-26(11-17-42)37-35-24-32-8-6-30(40-32)22-28-4-5-29(39-28)23-31-7-9-33(41-31)25-36(38(37)27-12-18-43(2)19-13-27)45(35)34-14-20-44(3)21-15-34/h4-16,18,20,22-25,39H,17,19,21H2,1-3H3. The van der Waals surface area contributed by atoms with Crippen LogP contribution >= 0.6 is 0 Å². The molecule has 3 aromatic rings. The number of nitrogens with one attached hydrogen (secondary N) is 1. The van der Waals surface area contributed by atoms with E-state index in [0.717, 1.165) is 70.2 Å². The number of rotatable bonds is 3. The zero-order valence-corrected chi connectivity index (χ0v) is 25.8. The topological polar surface area (TPSA) is 56.2 Å². The molecule has 5 aliphatic rings. The molecule has 7 nitrogen and oxygen atoms in total. The summed E-state index contributed by atoms with van der Waals surface area (Å²) in [5.41, 5.74) is 13.8. The zero-order chi connectivity index (χ0) is 30.5. The van der Waals surface area contributed by atoms with Gasteiger partial charge in [-0.25, -0.2) is 9.97 Å². The number of aromatic nitrogens is 4. The van der Waals surface area contributed by atoms with E-state index >= 15 is 0 Å². The van der Waals surface area contributed by atoms with Crippen LogP contribution in [0.15, 0.2) is 91.5 Å². The van der Waals surface area contributed by atoms with Crippen molar-refractivity contribution < 1.29 is 0 Å². The molecule has 0 radical (unpaired) electrons. The molecule has 1 N–H and O–H groups in total. The largest absolute Gasteiger partial charge is 0.377 e. The molecule has 0 saturated carbocycles. The number of nitrogens with zero attached hydrogens (tertiary/aromatic N) is 6. The van der Waals surface area contributed by atoms with Gasteiger partial charge in [0.05, 0.1) is 33.8 Å². The molecule has 3 aromatic heterocycles. The Morgan fingerprint density at radius 2 is 0.978 bits per heavy atom. The van der Waals surface area contributed by atoms with E-state index in [-0.39, 0.29) is 0 Å². The molecular formula is C38H35N7. The van der Waals surface area contributed by atoms with Gasteiger partial charge in [-0.15, -0.1) is 0 Å². The summed E-state index contributed by atoms with van der Waals surface area (Å²) in [4.78, 5) is 20.2. The van der Waals surface area contributed by atoms with Crippen molar-refractivity contribution in [2.45, 2.75) is 0 Å². The first-order valence-electron chi connectivity index (χ1n) is 15.4. The highest BCUT2D eigenvalue weighted by atomic mass is 15.1. The Bertz CT molecular complexity index is 2010. The SMILES string of the molecule is CN1C=CC(c2c(C3=CCN(C)C=C3)c3cc4nc(cc5ccc(cc6nc(cc2n3C2=CCN(C)C=C2)C=C6)[nH]5)C=C4)=CC1. The van der Waals surface area contributed by atoms with E-state index in [0.29, 0.717) is 0 Å². The Morgan fingerprint density at radius 3 is 1.40 bits per heavy atom. The van der Waals surface area contributed by atoms with Crippen LogP contribution in [0.3, 0.4) is 0 Å². The van der Waals surface area contributed by atoms with Crippen LogP contribution in [-0.2, 0) is 0 Å². The summed E-state index contributed by atoms with van der Waals surface area (Å²) < 4.78 is 2.41. The highest BCUT2D eigenvalue weighted by Gasteiger charge is 2.24. The minimum atomic E-state index is 0.826. The van der Waals surface area contributed by atoms with Crippen LogP contribution in [0.1, 0.15) is 33.9 Å². The predicted molar refractivity (Wildman–Crippen MR) is 188 cm³/mol. The lowest BCUT2D eigenvalue weighted by atomic mass is 9.93. The van der Waals surface area contributed by atoms with E-state index in [1.807, 2.05) is 0 Å². The third kappa shape index (κ3) is 5.16. The number of hydrogen-bond donors (Lipinski definition) is 1. The molecule has 8 rings (SSSR count). The van der Waals surface area contributed by atoms with Gasteiger partial charge in [-0.2, -0.15) is 0 Å². The molecule has 0 saturated heterocycles. The fraction of sp³-hybridized carbons (Fsp3) is 0.158. The van der Waals surface area contributed by atoms with Gasteiger partial charge in [-0.05, 0) is 109 Å². The number of allylic oxidation sites excluding steroid dienone is 6. The summed E-state index contributed by atoms with van der Waals surface area (Å²) in [6, 6.07) is 12.8. The second-order valence-electron chi connectivity index (χ2n) is 12.1.